The Kier molecular flexibility index (Phi) is 4.96. The topological polar surface area (TPSA) is 66.5 Å². The summed E-state index contributed by atoms with van der Waals surface area (Å²) in [6.07, 6.45) is 1.59. The van der Waals surface area contributed by atoms with Crippen LogP contribution in [-0.2, 0) is 9.59 Å². The van der Waals surface area contributed by atoms with E-state index in [1.165, 1.54) is 13.8 Å². The fourth-order valence-corrected chi connectivity index (χ4v) is 2.95. The highest BCUT2D eigenvalue weighted by Gasteiger charge is 2.27. The van der Waals surface area contributed by atoms with Crippen LogP contribution in [0.3, 0.4) is 0 Å². The van der Waals surface area contributed by atoms with Gasteiger partial charge in [-0.15, -0.1) is 0 Å². The maximum absolute atomic E-state index is 12.5. The van der Waals surface area contributed by atoms with Gasteiger partial charge in [0.15, 0.2) is 5.78 Å². The van der Waals surface area contributed by atoms with Gasteiger partial charge in [0.2, 0.25) is 11.8 Å². The molecule has 0 unspecified atom stereocenters. The monoisotopic (exact) mass is 302 g/mol. The molecule has 1 aromatic carbocycles. The number of nitrogens with zero attached hydrogens (tertiary/aromatic N) is 1. The molecule has 1 aliphatic rings. The third kappa shape index (κ3) is 3.53. The molecule has 0 aliphatic carbocycles. The van der Waals surface area contributed by atoms with Crippen LogP contribution in [0.5, 0.6) is 0 Å². The minimum absolute atomic E-state index is 0.00233. The number of nitrogens with one attached hydrogen (secondary N) is 1. The second kappa shape index (κ2) is 6.73. The van der Waals surface area contributed by atoms with Gasteiger partial charge in [0.25, 0.3) is 0 Å². The number of ketones is 1. The molecule has 118 valence electrons. The van der Waals surface area contributed by atoms with Crippen LogP contribution in [0.4, 0.5) is 5.69 Å². The molecule has 5 nitrogen and oxygen atoms in total. The Bertz CT molecular complexity index is 610. The number of likely N-dealkylation sites (tertiary alicyclic amines) is 1. The predicted molar refractivity (Wildman–Crippen MR) is 84.8 cm³/mol. The van der Waals surface area contributed by atoms with E-state index >= 15 is 0 Å². The first-order chi connectivity index (χ1) is 10.4. The molecule has 2 rings (SSSR count). The van der Waals surface area contributed by atoms with E-state index in [0.717, 1.165) is 18.4 Å². The number of carbonyl (C=O) groups is 3. The second-order valence-electron chi connectivity index (χ2n) is 5.85. The average molecular weight is 302 g/mol. The van der Waals surface area contributed by atoms with E-state index in [0.29, 0.717) is 24.3 Å². The van der Waals surface area contributed by atoms with Gasteiger partial charge in [-0.3, -0.25) is 14.4 Å². The fraction of sp³-hybridized carbons (Fsp3) is 0.471. The molecule has 1 aromatic rings. The van der Waals surface area contributed by atoms with Gasteiger partial charge in [-0.05, 0) is 38.3 Å². The predicted octanol–water partition coefficient (Wildman–Crippen LogP) is 2.39. The average Bonchev–Trinajstić information content (AvgIpc) is 2.47. The molecule has 1 fully saturated rings. The summed E-state index contributed by atoms with van der Waals surface area (Å²) >= 11 is 0. The molecule has 1 aliphatic heterocycles. The molecule has 0 saturated carbocycles. The van der Waals surface area contributed by atoms with Gasteiger partial charge in [0.05, 0.1) is 11.6 Å². The van der Waals surface area contributed by atoms with Gasteiger partial charge in [-0.25, -0.2) is 0 Å². The molecule has 0 spiro atoms. The molecule has 1 atom stereocenters. The van der Waals surface area contributed by atoms with Gasteiger partial charge >= 0.3 is 0 Å². The molecule has 2 amide bonds. The van der Waals surface area contributed by atoms with Crippen molar-refractivity contribution in [3.8, 4) is 0 Å². The first-order valence-corrected chi connectivity index (χ1v) is 7.57. The summed E-state index contributed by atoms with van der Waals surface area (Å²) in [5.74, 6) is -0.420. The zero-order chi connectivity index (χ0) is 16.3. The summed E-state index contributed by atoms with van der Waals surface area (Å²) in [6.45, 7) is 6.03. The summed E-state index contributed by atoms with van der Waals surface area (Å²) < 4.78 is 0. The number of carbonyl (C=O) groups excluding carboxylic acids is 3. The largest absolute Gasteiger partial charge is 0.342 e. The van der Waals surface area contributed by atoms with Crippen LogP contribution in [0.25, 0.3) is 0 Å². The van der Waals surface area contributed by atoms with Crippen molar-refractivity contribution in [2.24, 2.45) is 5.92 Å². The molecule has 5 heteroatoms. The summed E-state index contributed by atoms with van der Waals surface area (Å²) in [5, 5.41) is 2.86. The number of Topliss-reactive ketones (excluding diaryl/α,β-unsaturated/α-hetero) is 1. The highest BCUT2D eigenvalue weighted by Crippen LogP contribution is 2.23. The van der Waals surface area contributed by atoms with Gasteiger partial charge in [0.1, 0.15) is 0 Å². The third-order valence-corrected chi connectivity index (χ3v) is 4.12. The summed E-state index contributed by atoms with van der Waals surface area (Å²) in [5.41, 5.74) is 1.95. The lowest BCUT2D eigenvalue weighted by Gasteiger charge is -2.31. The number of piperidine rings is 1. The van der Waals surface area contributed by atoms with Crippen molar-refractivity contribution in [1.82, 2.24) is 4.90 Å². The SMILES string of the molecule is CC(=O)c1c(C)cccc1NC(=O)[C@H]1CCCN(C(C)=O)C1. The summed E-state index contributed by atoms with van der Waals surface area (Å²) in [4.78, 5) is 37.4. The van der Waals surface area contributed by atoms with Gasteiger partial charge in [0, 0.05) is 25.6 Å². The summed E-state index contributed by atoms with van der Waals surface area (Å²) in [6, 6.07) is 5.41. The number of benzene rings is 1. The van der Waals surface area contributed by atoms with Crippen molar-refractivity contribution in [1.29, 1.82) is 0 Å². The number of hydrogen-bond acceptors (Lipinski definition) is 3. The van der Waals surface area contributed by atoms with Gasteiger partial charge in [-0.2, -0.15) is 0 Å². The quantitative estimate of drug-likeness (QED) is 0.872. The van der Waals surface area contributed by atoms with E-state index in [1.54, 1.807) is 11.0 Å². The Morgan fingerprint density at radius 2 is 1.95 bits per heavy atom. The van der Waals surface area contributed by atoms with Crippen LogP contribution >= 0.6 is 0 Å². The Hall–Kier alpha value is -2.17. The fourth-order valence-electron chi connectivity index (χ4n) is 2.95. The lowest BCUT2D eigenvalue weighted by Crippen LogP contribution is -2.42. The molecule has 1 N–H and O–H groups in total. The lowest BCUT2D eigenvalue weighted by molar-refractivity contribution is -0.132. The minimum Gasteiger partial charge on any atom is -0.342 e. The first-order valence-electron chi connectivity index (χ1n) is 7.57. The minimum atomic E-state index is -0.224. The maximum atomic E-state index is 12.5. The van der Waals surface area contributed by atoms with Crippen LogP contribution in [-0.4, -0.2) is 35.6 Å². The zero-order valence-electron chi connectivity index (χ0n) is 13.3. The van der Waals surface area contributed by atoms with Crippen molar-refractivity contribution in [3.05, 3.63) is 29.3 Å². The van der Waals surface area contributed by atoms with E-state index in [-0.39, 0.29) is 23.5 Å². The number of amides is 2. The van der Waals surface area contributed by atoms with Crippen LogP contribution in [0, 0.1) is 12.8 Å². The first kappa shape index (κ1) is 16.2. The summed E-state index contributed by atoms with van der Waals surface area (Å²) in [7, 11) is 0. The van der Waals surface area contributed by atoms with Crippen LogP contribution in [0.2, 0.25) is 0 Å². The molecule has 1 heterocycles. The number of aryl methyl sites for hydroxylation is 1. The molecule has 0 bridgehead atoms. The van der Waals surface area contributed by atoms with Crippen molar-refractivity contribution in [3.63, 3.8) is 0 Å². The highest BCUT2D eigenvalue weighted by molar-refractivity contribution is 6.05. The second-order valence-corrected chi connectivity index (χ2v) is 5.85. The van der Waals surface area contributed by atoms with E-state index in [4.69, 9.17) is 0 Å². The van der Waals surface area contributed by atoms with Crippen molar-refractivity contribution in [2.45, 2.75) is 33.6 Å². The van der Waals surface area contributed by atoms with Crippen LogP contribution in [0.15, 0.2) is 18.2 Å². The van der Waals surface area contributed by atoms with Crippen LogP contribution in [0.1, 0.15) is 42.6 Å². The molecule has 1 saturated heterocycles. The highest BCUT2D eigenvalue weighted by atomic mass is 16.2. The van der Waals surface area contributed by atoms with Gasteiger partial charge < -0.3 is 10.2 Å². The van der Waals surface area contributed by atoms with Gasteiger partial charge in [-0.1, -0.05) is 12.1 Å². The molecule has 22 heavy (non-hydrogen) atoms. The smallest absolute Gasteiger partial charge is 0.229 e. The maximum Gasteiger partial charge on any atom is 0.229 e. The Balaban J connectivity index is 2.14. The third-order valence-electron chi connectivity index (χ3n) is 4.12. The molecule has 0 aromatic heterocycles. The Morgan fingerprint density at radius 1 is 1.23 bits per heavy atom. The van der Waals surface area contributed by atoms with Crippen molar-refractivity contribution < 1.29 is 14.4 Å². The normalized spacial score (nSPS) is 18.0. The number of anilines is 1. The number of rotatable bonds is 3. The van der Waals surface area contributed by atoms with Crippen LogP contribution < -0.4 is 5.32 Å². The molecular weight excluding hydrogens is 280 g/mol. The van der Waals surface area contributed by atoms with E-state index in [1.807, 2.05) is 19.1 Å². The molecular formula is C17H22N2O3. The Morgan fingerprint density at radius 3 is 2.59 bits per heavy atom. The van der Waals surface area contributed by atoms with E-state index < -0.39 is 0 Å². The zero-order valence-corrected chi connectivity index (χ0v) is 13.3. The standard InChI is InChI=1S/C17H22N2O3/c1-11-6-4-8-15(16(11)12(2)20)18-17(22)14-7-5-9-19(10-14)13(3)21/h4,6,8,14H,5,7,9-10H2,1-3H3,(H,18,22)/t14-/m0/s1. The Labute approximate surface area is 130 Å². The van der Waals surface area contributed by atoms with Crippen molar-refractivity contribution >= 4 is 23.3 Å². The lowest BCUT2D eigenvalue weighted by atomic mass is 9.96. The van der Waals surface area contributed by atoms with E-state index in [9.17, 15) is 14.4 Å². The van der Waals surface area contributed by atoms with E-state index in [2.05, 4.69) is 5.32 Å². The number of hydrogen-bond donors (Lipinski definition) is 1. The molecule has 0 radical (unpaired) electrons. The van der Waals surface area contributed by atoms with Crippen molar-refractivity contribution in [2.75, 3.05) is 18.4 Å².